The number of aliphatic carboxylic acids is 1. The van der Waals surface area contributed by atoms with Crippen LogP contribution >= 0.6 is 0 Å². The number of carboxylic acids is 1. The standard InChI is InChI=1S/C16H30N2O4/c1-16(2,3)22-14(19)12-18(11-8-17(4)5)9-6-13(7-10-18)15(20)21/h13H,6-12H2,1-5H3/p+1. The number of hydrogen-bond donors (Lipinski definition) is 1. The first-order chi connectivity index (χ1) is 10.0. The number of ether oxygens (including phenoxy) is 1. The highest BCUT2D eigenvalue weighted by Gasteiger charge is 2.39. The van der Waals surface area contributed by atoms with Crippen molar-refractivity contribution in [1.82, 2.24) is 4.90 Å². The van der Waals surface area contributed by atoms with Gasteiger partial charge >= 0.3 is 11.9 Å². The van der Waals surface area contributed by atoms with E-state index >= 15 is 0 Å². The van der Waals surface area contributed by atoms with E-state index in [0.717, 1.165) is 26.2 Å². The molecule has 1 fully saturated rings. The molecule has 0 spiro atoms. The fraction of sp³-hybridized carbons (Fsp3) is 0.875. The van der Waals surface area contributed by atoms with Crippen LogP contribution in [-0.2, 0) is 14.3 Å². The summed E-state index contributed by atoms with van der Waals surface area (Å²) in [6.45, 7) is 9.10. The fourth-order valence-corrected chi connectivity index (χ4v) is 2.88. The molecule has 0 aromatic carbocycles. The predicted octanol–water partition coefficient (Wildman–Crippen LogP) is 1.20. The molecule has 1 aliphatic rings. The summed E-state index contributed by atoms with van der Waals surface area (Å²) < 4.78 is 6.10. The van der Waals surface area contributed by atoms with Crippen molar-refractivity contribution >= 4 is 11.9 Å². The number of likely N-dealkylation sites (N-methyl/N-ethyl adjacent to an activating group) is 1. The first kappa shape index (κ1) is 18.9. The second-order valence-corrected chi connectivity index (χ2v) is 7.67. The minimum Gasteiger partial charge on any atom is -0.481 e. The predicted molar refractivity (Wildman–Crippen MR) is 84.5 cm³/mol. The van der Waals surface area contributed by atoms with Crippen molar-refractivity contribution in [2.45, 2.75) is 39.2 Å². The van der Waals surface area contributed by atoms with Gasteiger partial charge < -0.3 is 19.2 Å². The highest BCUT2D eigenvalue weighted by Crippen LogP contribution is 2.24. The van der Waals surface area contributed by atoms with Gasteiger partial charge in [0.15, 0.2) is 6.54 Å². The molecule has 0 aromatic heterocycles. The van der Waals surface area contributed by atoms with Gasteiger partial charge in [-0.15, -0.1) is 0 Å². The highest BCUT2D eigenvalue weighted by atomic mass is 16.6. The normalized spacial score (nSPS) is 26.0. The zero-order valence-electron chi connectivity index (χ0n) is 14.6. The third-order valence-electron chi connectivity index (χ3n) is 4.16. The molecule has 1 rings (SSSR count). The SMILES string of the molecule is CN(C)CC[N+]1(CC(=O)OC(C)(C)C)CCC(C(=O)O)CC1. The van der Waals surface area contributed by atoms with Crippen LogP contribution < -0.4 is 0 Å². The van der Waals surface area contributed by atoms with Gasteiger partial charge in [-0.1, -0.05) is 0 Å². The number of likely N-dealkylation sites (tertiary alicyclic amines) is 1. The molecule has 0 atom stereocenters. The second kappa shape index (κ2) is 7.42. The summed E-state index contributed by atoms with van der Waals surface area (Å²) >= 11 is 0. The lowest BCUT2D eigenvalue weighted by atomic mass is 9.94. The number of nitrogens with zero attached hydrogens (tertiary/aromatic N) is 2. The van der Waals surface area contributed by atoms with Crippen LogP contribution in [0.5, 0.6) is 0 Å². The molecule has 0 unspecified atom stereocenters. The Kier molecular flexibility index (Phi) is 6.38. The molecule has 6 heteroatoms. The van der Waals surface area contributed by atoms with Crippen molar-refractivity contribution in [1.29, 1.82) is 0 Å². The Morgan fingerprint density at radius 2 is 1.77 bits per heavy atom. The van der Waals surface area contributed by atoms with Crippen LogP contribution in [0.25, 0.3) is 0 Å². The molecule has 0 radical (unpaired) electrons. The summed E-state index contributed by atoms with van der Waals surface area (Å²) in [6, 6.07) is 0. The van der Waals surface area contributed by atoms with Crippen LogP contribution in [0.2, 0.25) is 0 Å². The zero-order chi connectivity index (χ0) is 17.0. The number of carbonyl (C=O) groups excluding carboxylic acids is 1. The van der Waals surface area contributed by atoms with Crippen molar-refractivity contribution in [3.05, 3.63) is 0 Å². The Balaban J connectivity index is 2.72. The smallest absolute Gasteiger partial charge is 0.362 e. The van der Waals surface area contributed by atoms with Gasteiger partial charge in [0.2, 0.25) is 0 Å². The molecule has 0 aliphatic carbocycles. The van der Waals surface area contributed by atoms with Crippen LogP contribution in [0.15, 0.2) is 0 Å². The Hall–Kier alpha value is -1.14. The van der Waals surface area contributed by atoms with Gasteiger partial charge in [-0.05, 0) is 34.9 Å². The van der Waals surface area contributed by atoms with Crippen LogP contribution in [0.3, 0.4) is 0 Å². The van der Waals surface area contributed by atoms with Gasteiger partial charge in [0.1, 0.15) is 5.60 Å². The second-order valence-electron chi connectivity index (χ2n) is 7.67. The average molecular weight is 315 g/mol. The number of esters is 1. The van der Waals surface area contributed by atoms with E-state index in [2.05, 4.69) is 4.90 Å². The van der Waals surface area contributed by atoms with Crippen LogP contribution in [-0.4, -0.2) is 78.8 Å². The van der Waals surface area contributed by atoms with E-state index in [1.165, 1.54) is 0 Å². The Morgan fingerprint density at radius 1 is 1.23 bits per heavy atom. The number of carboxylic acid groups (broad SMARTS) is 1. The van der Waals surface area contributed by atoms with Crippen LogP contribution in [0, 0.1) is 5.92 Å². The van der Waals surface area contributed by atoms with Gasteiger partial charge in [0.05, 0.1) is 25.6 Å². The molecule has 0 aromatic rings. The van der Waals surface area contributed by atoms with E-state index in [1.54, 1.807) is 0 Å². The third kappa shape index (κ3) is 6.32. The van der Waals surface area contributed by atoms with E-state index in [-0.39, 0.29) is 11.9 Å². The largest absolute Gasteiger partial charge is 0.481 e. The lowest BCUT2D eigenvalue weighted by Gasteiger charge is -2.43. The summed E-state index contributed by atoms with van der Waals surface area (Å²) in [4.78, 5) is 25.5. The average Bonchev–Trinajstić information content (AvgIpc) is 2.34. The van der Waals surface area contributed by atoms with E-state index in [4.69, 9.17) is 9.84 Å². The van der Waals surface area contributed by atoms with E-state index in [9.17, 15) is 9.59 Å². The third-order valence-corrected chi connectivity index (χ3v) is 4.16. The molecule has 1 heterocycles. The van der Waals surface area contributed by atoms with E-state index in [1.807, 2.05) is 34.9 Å². The molecule has 22 heavy (non-hydrogen) atoms. The first-order valence-corrected chi connectivity index (χ1v) is 7.97. The monoisotopic (exact) mass is 315 g/mol. The minimum atomic E-state index is -0.720. The number of piperidine rings is 1. The first-order valence-electron chi connectivity index (χ1n) is 7.97. The maximum absolute atomic E-state index is 12.2. The molecular weight excluding hydrogens is 284 g/mol. The molecular formula is C16H31N2O4+. The molecule has 1 aliphatic heterocycles. The highest BCUT2D eigenvalue weighted by molar-refractivity contribution is 5.71. The van der Waals surface area contributed by atoms with Crippen molar-refractivity contribution in [2.75, 3.05) is 46.8 Å². The van der Waals surface area contributed by atoms with E-state index < -0.39 is 11.6 Å². The number of quaternary nitrogens is 1. The summed E-state index contributed by atoms with van der Waals surface area (Å²) in [6.07, 6.45) is 1.26. The number of rotatable bonds is 6. The molecule has 1 N–H and O–H groups in total. The van der Waals surface area contributed by atoms with Gasteiger partial charge in [-0.3, -0.25) is 4.79 Å². The van der Waals surface area contributed by atoms with Gasteiger partial charge in [0.25, 0.3) is 0 Å². The zero-order valence-corrected chi connectivity index (χ0v) is 14.6. The lowest BCUT2D eigenvalue weighted by molar-refractivity contribution is -0.926. The maximum atomic E-state index is 12.2. The van der Waals surface area contributed by atoms with Crippen molar-refractivity contribution < 1.29 is 23.9 Å². The van der Waals surface area contributed by atoms with Crippen LogP contribution in [0.4, 0.5) is 0 Å². The van der Waals surface area contributed by atoms with Crippen molar-refractivity contribution in [3.63, 3.8) is 0 Å². The Morgan fingerprint density at radius 3 is 2.18 bits per heavy atom. The summed E-state index contributed by atoms with van der Waals surface area (Å²) in [5.41, 5.74) is -0.484. The maximum Gasteiger partial charge on any atom is 0.362 e. The van der Waals surface area contributed by atoms with Crippen LogP contribution in [0.1, 0.15) is 33.6 Å². The summed E-state index contributed by atoms with van der Waals surface area (Å²) in [5.74, 6) is -1.19. The number of hydrogen-bond acceptors (Lipinski definition) is 4. The summed E-state index contributed by atoms with van der Waals surface area (Å²) in [5, 5.41) is 9.15. The van der Waals surface area contributed by atoms with E-state index in [0.29, 0.717) is 23.9 Å². The Labute approximate surface area is 133 Å². The summed E-state index contributed by atoms with van der Waals surface area (Å²) in [7, 11) is 4.02. The van der Waals surface area contributed by atoms with Crippen molar-refractivity contribution in [2.24, 2.45) is 5.92 Å². The lowest BCUT2D eigenvalue weighted by Crippen LogP contribution is -2.59. The minimum absolute atomic E-state index is 0.194. The van der Waals surface area contributed by atoms with Crippen molar-refractivity contribution in [3.8, 4) is 0 Å². The number of carbonyl (C=O) groups is 2. The topological polar surface area (TPSA) is 66.8 Å². The molecule has 128 valence electrons. The molecule has 0 bridgehead atoms. The molecule has 1 saturated heterocycles. The quantitative estimate of drug-likeness (QED) is 0.589. The van der Waals surface area contributed by atoms with Gasteiger partial charge in [-0.25, -0.2) is 4.79 Å². The van der Waals surface area contributed by atoms with Gasteiger partial charge in [-0.2, -0.15) is 0 Å². The van der Waals surface area contributed by atoms with Gasteiger partial charge in [0, 0.05) is 19.4 Å². The molecule has 0 amide bonds. The molecule has 6 nitrogen and oxygen atoms in total. The Bertz CT molecular complexity index is 393. The molecule has 0 saturated carbocycles. The fourth-order valence-electron chi connectivity index (χ4n) is 2.88.